The molecule has 1 rings (SSSR count). The van der Waals surface area contributed by atoms with Crippen molar-refractivity contribution < 1.29 is 27.1 Å². The van der Waals surface area contributed by atoms with Crippen LogP contribution in [-0.4, -0.2) is 17.2 Å². The lowest BCUT2D eigenvalue weighted by molar-refractivity contribution is -0.291. The summed E-state index contributed by atoms with van der Waals surface area (Å²) in [5.41, 5.74) is 4.18. The van der Waals surface area contributed by atoms with E-state index in [9.17, 15) is 22.0 Å². The first kappa shape index (κ1) is 12.7. The Morgan fingerprint density at radius 3 is 2.00 bits per heavy atom. The van der Waals surface area contributed by atoms with Crippen LogP contribution in [0, 0.1) is 0 Å². The summed E-state index contributed by atoms with van der Waals surface area (Å²) < 4.78 is 61.6. The first-order chi connectivity index (χ1) is 7.18. The zero-order valence-corrected chi connectivity index (χ0v) is 7.80. The van der Waals surface area contributed by atoms with Gasteiger partial charge in [-0.2, -0.15) is 22.0 Å². The van der Waals surface area contributed by atoms with E-state index in [0.717, 1.165) is 12.1 Å². The Morgan fingerprint density at radius 1 is 1.06 bits per heavy atom. The fourth-order valence-electron chi connectivity index (χ4n) is 1.12. The van der Waals surface area contributed by atoms with Gasteiger partial charge in [-0.1, -0.05) is 18.2 Å². The fourth-order valence-corrected chi connectivity index (χ4v) is 1.12. The highest BCUT2D eigenvalue weighted by Gasteiger charge is 2.62. The predicted molar refractivity (Wildman–Crippen MR) is 46.0 cm³/mol. The van der Waals surface area contributed by atoms with E-state index >= 15 is 0 Å². The second-order valence-electron chi connectivity index (χ2n) is 3.16. The molecule has 16 heavy (non-hydrogen) atoms. The van der Waals surface area contributed by atoms with Gasteiger partial charge in [-0.3, -0.25) is 0 Å². The molecule has 1 aromatic carbocycles. The molecule has 0 saturated heterocycles. The topological polar surface area (TPSA) is 46.2 Å². The number of benzene rings is 1. The molecule has 2 nitrogen and oxygen atoms in total. The number of nitrogens with two attached hydrogens (primary N) is 1. The van der Waals surface area contributed by atoms with Gasteiger partial charge < -0.3 is 10.8 Å². The first-order valence-electron chi connectivity index (χ1n) is 4.16. The van der Waals surface area contributed by atoms with E-state index in [-0.39, 0.29) is 0 Å². The minimum absolute atomic E-state index is 0.648. The highest BCUT2D eigenvalue weighted by Crippen LogP contribution is 2.44. The Kier molecular flexibility index (Phi) is 3.09. The van der Waals surface area contributed by atoms with Crippen LogP contribution >= 0.6 is 0 Å². The Bertz CT molecular complexity index is 376. The van der Waals surface area contributed by atoms with E-state index in [2.05, 4.69) is 0 Å². The molecular formula is C9H8F5NO. The molecule has 0 bridgehead atoms. The van der Waals surface area contributed by atoms with Crippen LogP contribution in [0.25, 0.3) is 0 Å². The van der Waals surface area contributed by atoms with Crippen LogP contribution in [0.5, 0.6) is 5.75 Å². The molecule has 0 aliphatic rings. The Hall–Kier alpha value is -1.37. The molecular weight excluding hydrogens is 233 g/mol. The van der Waals surface area contributed by atoms with E-state index in [0.29, 0.717) is 0 Å². The Morgan fingerprint density at radius 2 is 1.56 bits per heavy atom. The second-order valence-corrected chi connectivity index (χ2v) is 3.16. The van der Waals surface area contributed by atoms with E-state index in [1.54, 1.807) is 0 Å². The van der Waals surface area contributed by atoms with Gasteiger partial charge in [-0.05, 0) is 6.07 Å². The number of phenols is 1. The maximum atomic E-state index is 12.8. The predicted octanol–water partition coefficient (Wildman–Crippen LogP) is 2.59. The van der Waals surface area contributed by atoms with Crippen LogP contribution in [0.15, 0.2) is 24.3 Å². The molecule has 90 valence electrons. The van der Waals surface area contributed by atoms with Crippen molar-refractivity contribution in [3.05, 3.63) is 29.8 Å². The van der Waals surface area contributed by atoms with Gasteiger partial charge in [0.25, 0.3) is 0 Å². The van der Waals surface area contributed by atoms with Crippen LogP contribution in [-0.2, 0) is 0 Å². The van der Waals surface area contributed by atoms with Crippen LogP contribution < -0.4 is 5.73 Å². The lowest BCUT2D eigenvalue weighted by Gasteiger charge is -2.26. The molecule has 7 heteroatoms. The highest BCUT2D eigenvalue weighted by atomic mass is 19.4. The summed E-state index contributed by atoms with van der Waals surface area (Å²) in [6.07, 6.45) is -5.76. The smallest absolute Gasteiger partial charge is 0.455 e. The molecule has 0 aromatic heterocycles. The summed E-state index contributed by atoms with van der Waals surface area (Å²) in [4.78, 5) is 0. The summed E-state index contributed by atoms with van der Waals surface area (Å²) in [5.74, 6) is -5.79. The van der Waals surface area contributed by atoms with Gasteiger partial charge in [0.05, 0.1) is 0 Å². The van der Waals surface area contributed by atoms with Gasteiger partial charge in [0, 0.05) is 5.56 Å². The van der Waals surface area contributed by atoms with Crippen molar-refractivity contribution in [3.63, 3.8) is 0 Å². The molecule has 0 aliphatic heterocycles. The number of hydrogen-bond donors (Lipinski definition) is 2. The van der Waals surface area contributed by atoms with Gasteiger partial charge in [0.1, 0.15) is 11.8 Å². The largest absolute Gasteiger partial charge is 0.508 e. The minimum Gasteiger partial charge on any atom is -0.508 e. The molecule has 0 aliphatic carbocycles. The molecule has 0 radical (unpaired) electrons. The highest BCUT2D eigenvalue weighted by molar-refractivity contribution is 5.35. The molecule has 1 aromatic rings. The number of phenolic OH excluding ortho intramolecular Hbond substituents is 1. The van der Waals surface area contributed by atoms with Crippen molar-refractivity contribution in [1.29, 1.82) is 0 Å². The van der Waals surface area contributed by atoms with Gasteiger partial charge in [0.2, 0.25) is 0 Å². The summed E-state index contributed by atoms with van der Waals surface area (Å²) in [7, 11) is 0. The summed E-state index contributed by atoms with van der Waals surface area (Å²) in [5, 5.41) is 9.13. The standard InChI is InChI=1S/C9H8F5NO/c10-8(11,9(12,13)14)7(15)5-3-1-2-4-6(5)16/h1-4,7,16H,15H2/t7-/m1/s1. The number of hydrogen-bond acceptors (Lipinski definition) is 2. The molecule has 0 heterocycles. The number of rotatable bonds is 2. The van der Waals surface area contributed by atoms with E-state index in [4.69, 9.17) is 10.8 Å². The third kappa shape index (κ3) is 2.08. The first-order valence-corrected chi connectivity index (χ1v) is 4.16. The number of para-hydroxylation sites is 1. The SMILES string of the molecule is N[C@H](c1ccccc1O)C(F)(F)C(F)(F)F. The van der Waals surface area contributed by atoms with Crippen molar-refractivity contribution in [2.75, 3.05) is 0 Å². The van der Waals surface area contributed by atoms with Gasteiger partial charge >= 0.3 is 12.1 Å². The van der Waals surface area contributed by atoms with Crippen LogP contribution in [0.4, 0.5) is 22.0 Å². The van der Waals surface area contributed by atoms with Gasteiger partial charge in [-0.15, -0.1) is 0 Å². The zero-order chi connectivity index (χ0) is 12.6. The van der Waals surface area contributed by atoms with Crippen LogP contribution in [0.1, 0.15) is 11.6 Å². The quantitative estimate of drug-likeness (QED) is 0.782. The number of aromatic hydroxyl groups is 1. The van der Waals surface area contributed by atoms with Gasteiger partial charge in [-0.25, -0.2) is 0 Å². The minimum atomic E-state index is -5.76. The Labute approximate surface area is 87.5 Å². The summed E-state index contributed by atoms with van der Waals surface area (Å²) in [6.45, 7) is 0. The monoisotopic (exact) mass is 241 g/mol. The Balaban J connectivity index is 3.12. The molecule has 3 N–H and O–H groups in total. The van der Waals surface area contributed by atoms with Crippen molar-refractivity contribution in [3.8, 4) is 5.75 Å². The maximum absolute atomic E-state index is 12.8. The molecule has 0 fully saturated rings. The van der Waals surface area contributed by atoms with Crippen LogP contribution in [0.3, 0.4) is 0 Å². The molecule has 0 spiro atoms. The fraction of sp³-hybridized carbons (Fsp3) is 0.333. The van der Waals surface area contributed by atoms with Crippen LogP contribution in [0.2, 0.25) is 0 Å². The van der Waals surface area contributed by atoms with Gasteiger partial charge in [0.15, 0.2) is 0 Å². The average Bonchev–Trinajstić information content (AvgIpc) is 2.15. The van der Waals surface area contributed by atoms with Crippen molar-refractivity contribution >= 4 is 0 Å². The molecule has 1 atom stereocenters. The summed E-state index contributed by atoms with van der Waals surface area (Å²) in [6, 6.07) is 1.77. The maximum Gasteiger partial charge on any atom is 0.455 e. The van der Waals surface area contributed by atoms with E-state index in [1.807, 2.05) is 0 Å². The summed E-state index contributed by atoms with van der Waals surface area (Å²) >= 11 is 0. The second kappa shape index (κ2) is 3.89. The number of halogens is 5. The lowest BCUT2D eigenvalue weighted by atomic mass is 10.00. The third-order valence-electron chi connectivity index (χ3n) is 2.04. The van der Waals surface area contributed by atoms with E-state index < -0.39 is 29.5 Å². The normalized spacial score (nSPS) is 14.9. The van der Waals surface area contributed by atoms with E-state index in [1.165, 1.54) is 12.1 Å². The molecule has 0 amide bonds. The third-order valence-corrected chi connectivity index (χ3v) is 2.04. The number of alkyl halides is 5. The molecule has 0 unspecified atom stereocenters. The lowest BCUT2D eigenvalue weighted by Crippen LogP contribution is -2.45. The zero-order valence-electron chi connectivity index (χ0n) is 7.80. The molecule has 0 saturated carbocycles. The van der Waals surface area contributed by atoms with Crippen molar-refractivity contribution in [2.45, 2.75) is 18.1 Å². The average molecular weight is 241 g/mol. The van der Waals surface area contributed by atoms with Crippen molar-refractivity contribution in [2.24, 2.45) is 5.73 Å². The van der Waals surface area contributed by atoms with Crippen molar-refractivity contribution in [1.82, 2.24) is 0 Å².